The van der Waals surface area contributed by atoms with Gasteiger partial charge >= 0.3 is 0 Å². The number of benzene rings is 3. The lowest BCUT2D eigenvalue weighted by Crippen LogP contribution is -2.22. The molecule has 2 N–H and O–H groups in total. The molecular formula is C33H32FN3O. The number of hydrogen-bond acceptors (Lipinski definition) is 3. The molecule has 0 spiro atoms. The Balaban J connectivity index is 1.14. The summed E-state index contributed by atoms with van der Waals surface area (Å²) < 4.78 is 13.6. The zero-order chi connectivity index (χ0) is 26.2. The smallest absolute Gasteiger partial charge is 0.165 e. The van der Waals surface area contributed by atoms with Crippen LogP contribution < -0.4 is 5.32 Å². The summed E-state index contributed by atoms with van der Waals surface area (Å²) >= 11 is 0. The summed E-state index contributed by atoms with van der Waals surface area (Å²) in [7, 11) is 0. The maximum Gasteiger partial charge on any atom is 0.165 e. The van der Waals surface area contributed by atoms with Crippen LogP contribution in [-0.2, 0) is 6.42 Å². The number of nitrogens with zero attached hydrogens (tertiary/aromatic N) is 1. The van der Waals surface area contributed by atoms with Gasteiger partial charge in [-0.2, -0.15) is 0 Å². The molecule has 2 heterocycles. The minimum atomic E-state index is -0.215. The fourth-order valence-corrected chi connectivity index (χ4v) is 5.39. The van der Waals surface area contributed by atoms with Crippen molar-refractivity contribution in [3.63, 3.8) is 0 Å². The minimum Gasteiger partial charge on any atom is -0.360 e. The van der Waals surface area contributed by atoms with Crippen molar-refractivity contribution in [2.45, 2.75) is 51.4 Å². The lowest BCUT2D eigenvalue weighted by Gasteiger charge is -2.11. The molecule has 1 aliphatic carbocycles. The fraction of sp³-hybridized carbons (Fsp3) is 0.273. The molecule has 0 amide bonds. The third-order valence-electron chi connectivity index (χ3n) is 7.84. The van der Waals surface area contributed by atoms with E-state index in [0.717, 1.165) is 69.6 Å². The van der Waals surface area contributed by atoms with Crippen LogP contribution in [-0.4, -0.2) is 16.6 Å². The van der Waals surface area contributed by atoms with Crippen molar-refractivity contribution < 1.29 is 9.18 Å². The molecule has 0 saturated heterocycles. The molecule has 0 unspecified atom stereocenters. The molecule has 3 aromatic carbocycles. The highest BCUT2D eigenvalue weighted by Crippen LogP contribution is 2.36. The minimum absolute atomic E-state index is 0.133. The highest BCUT2D eigenvalue weighted by Gasteiger charge is 2.26. The van der Waals surface area contributed by atoms with Gasteiger partial charge in [0.2, 0.25) is 0 Å². The monoisotopic (exact) mass is 505 g/mol. The predicted molar refractivity (Wildman–Crippen MR) is 153 cm³/mol. The molecule has 1 fully saturated rings. The number of aromatic amines is 1. The zero-order valence-electron chi connectivity index (χ0n) is 21.7. The van der Waals surface area contributed by atoms with Crippen molar-refractivity contribution in [2.24, 2.45) is 10.9 Å². The summed E-state index contributed by atoms with van der Waals surface area (Å²) in [5, 5.41) is 4.37. The number of aromatic nitrogens is 1. The van der Waals surface area contributed by atoms with E-state index < -0.39 is 0 Å². The number of amidine groups is 1. The number of nitrogens with one attached hydrogen (secondary N) is 2. The Bertz CT molecular complexity index is 1580. The van der Waals surface area contributed by atoms with E-state index in [-0.39, 0.29) is 17.5 Å². The lowest BCUT2D eigenvalue weighted by atomic mass is 9.93. The second-order valence-corrected chi connectivity index (χ2v) is 10.7. The standard InChI is InChI=1S/C33H32FN3O/c1-20(23-6-4-7-27(34)16-23)5-3-8-32(38)29-19-35-31-14-12-25(17-28(29)31)24-11-13-30-26(15-24)18-33(37-30)36-21(2)22-9-10-22/h4,6-7,11-17,19-20,22,35H,2-3,5,8-10,18H2,1H3,(H,36,37)/t20-/m0/s1. The Morgan fingerprint density at radius 3 is 2.76 bits per heavy atom. The van der Waals surface area contributed by atoms with Crippen LogP contribution in [0.25, 0.3) is 22.0 Å². The Morgan fingerprint density at radius 1 is 1.13 bits per heavy atom. The molecule has 4 nitrogen and oxygen atoms in total. The number of aliphatic imine (C=N–C) groups is 1. The number of rotatable bonds is 9. The largest absolute Gasteiger partial charge is 0.360 e. The average Bonchev–Trinajstić information content (AvgIpc) is 3.56. The van der Waals surface area contributed by atoms with E-state index in [1.54, 1.807) is 12.1 Å². The topological polar surface area (TPSA) is 57.2 Å². The summed E-state index contributed by atoms with van der Waals surface area (Å²) in [6.45, 7) is 6.25. The Morgan fingerprint density at radius 2 is 1.95 bits per heavy atom. The van der Waals surface area contributed by atoms with Crippen LogP contribution in [0.5, 0.6) is 0 Å². The van der Waals surface area contributed by atoms with Crippen LogP contribution in [0.4, 0.5) is 10.1 Å². The van der Waals surface area contributed by atoms with Crippen LogP contribution in [0.3, 0.4) is 0 Å². The Labute approximate surface area is 222 Å². The summed E-state index contributed by atoms with van der Waals surface area (Å²) in [6.07, 6.45) is 7.11. The Hall–Kier alpha value is -3.99. The SMILES string of the molecule is C=C(NC1=Nc2ccc(-c3ccc4[nH]cc(C(=O)CCC[C@H](C)c5cccc(F)c5)c4c3)cc2C1)C1CC1. The van der Waals surface area contributed by atoms with Gasteiger partial charge in [0, 0.05) is 41.2 Å². The van der Waals surface area contributed by atoms with Gasteiger partial charge in [-0.1, -0.05) is 37.8 Å². The van der Waals surface area contributed by atoms with Crippen molar-refractivity contribution in [2.75, 3.05) is 0 Å². The van der Waals surface area contributed by atoms with Crippen LogP contribution in [0.1, 0.15) is 66.4 Å². The second kappa shape index (κ2) is 10.1. The van der Waals surface area contributed by atoms with Gasteiger partial charge in [-0.25, -0.2) is 9.38 Å². The van der Waals surface area contributed by atoms with E-state index in [1.807, 2.05) is 18.3 Å². The number of Topliss-reactive ketones (excluding diaryl/α,β-unsaturated/α-hetero) is 1. The number of hydrogen-bond donors (Lipinski definition) is 2. The molecule has 192 valence electrons. The number of allylic oxidation sites excluding steroid dienone is 1. The first-order valence-electron chi connectivity index (χ1n) is 13.5. The van der Waals surface area contributed by atoms with E-state index in [4.69, 9.17) is 4.99 Å². The molecule has 2 aliphatic rings. The number of halogens is 1. The van der Waals surface area contributed by atoms with E-state index in [9.17, 15) is 9.18 Å². The third kappa shape index (κ3) is 5.06. The summed E-state index contributed by atoms with van der Waals surface area (Å²) in [4.78, 5) is 21.2. The van der Waals surface area contributed by atoms with Gasteiger partial charge in [0.05, 0.1) is 5.69 Å². The van der Waals surface area contributed by atoms with E-state index in [2.05, 4.69) is 54.1 Å². The number of ketones is 1. The summed E-state index contributed by atoms with van der Waals surface area (Å²) in [6, 6.07) is 19.4. The van der Waals surface area contributed by atoms with Gasteiger partial charge in [-0.3, -0.25) is 4.79 Å². The van der Waals surface area contributed by atoms with Crippen LogP contribution in [0.15, 0.2) is 84.1 Å². The van der Waals surface area contributed by atoms with Crippen molar-refractivity contribution in [3.05, 3.63) is 102 Å². The predicted octanol–water partition coefficient (Wildman–Crippen LogP) is 8.23. The molecule has 1 atom stereocenters. The third-order valence-corrected chi connectivity index (χ3v) is 7.84. The molecule has 1 aliphatic heterocycles. The molecule has 0 radical (unpaired) electrons. The van der Waals surface area contributed by atoms with Gasteiger partial charge < -0.3 is 10.3 Å². The van der Waals surface area contributed by atoms with Crippen molar-refractivity contribution in [3.8, 4) is 11.1 Å². The maximum absolute atomic E-state index is 13.6. The molecule has 38 heavy (non-hydrogen) atoms. The van der Waals surface area contributed by atoms with Gasteiger partial charge in [0.15, 0.2) is 5.78 Å². The van der Waals surface area contributed by atoms with E-state index >= 15 is 0 Å². The quantitative estimate of drug-likeness (QED) is 0.225. The summed E-state index contributed by atoms with van der Waals surface area (Å²) in [5.74, 6) is 1.69. The maximum atomic E-state index is 13.6. The Kier molecular flexibility index (Phi) is 6.44. The first-order valence-corrected chi connectivity index (χ1v) is 13.5. The van der Waals surface area contributed by atoms with E-state index in [0.29, 0.717) is 12.3 Å². The van der Waals surface area contributed by atoms with Gasteiger partial charge in [0.25, 0.3) is 0 Å². The highest BCUT2D eigenvalue weighted by atomic mass is 19.1. The van der Waals surface area contributed by atoms with Gasteiger partial charge in [-0.05, 0) is 96.2 Å². The number of H-pyrrole nitrogens is 1. The highest BCUT2D eigenvalue weighted by molar-refractivity contribution is 6.08. The number of fused-ring (bicyclic) bond motifs is 2. The molecule has 4 aromatic rings. The average molecular weight is 506 g/mol. The molecule has 0 bridgehead atoms. The first kappa shape index (κ1) is 24.4. The molecule has 1 aromatic heterocycles. The van der Waals surface area contributed by atoms with Gasteiger partial charge in [-0.15, -0.1) is 0 Å². The number of carbonyl (C=O) groups is 1. The second-order valence-electron chi connectivity index (χ2n) is 10.7. The fourth-order valence-electron chi connectivity index (χ4n) is 5.39. The van der Waals surface area contributed by atoms with Crippen LogP contribution in [0, 0.1) is 11.7 Å². The van der Waals surface area contributed by atoms with Crippen LogP contribution in [0.2, 0.25) is 0 Å². The first-order chi connectivity index (χ1) is 18.4. The summed E-state index contributed by atoms with van der Waals surface area (Å²) in [5.41, 5.74) is 8.15. The van der Waals surface area contributed by atoms with Crippen molar-refractivity contribution in [1.29, 1.82) is 0 Å². The number of carbonyl (C=O) groups excluding carboxylic acids is 1. The molecule has 1 saturated carbocycles. The molecule has 5 heteroatoms. The van der Waals surface area contributed by atoms with Crippen molar-refractivity contribution in [1.82, 2.24) is 10.3 Å². The zero-order valence-corrected chi connectivity index (χ0v) is 21.7. The van der Waals surface area contributed by atoms with Crippen molar-refractivity contribution >= 4 is 28.2 Å². The molecule has 6 rings (SSSR count). The normalized spacial score (nSPS) is 15.3. The van der Waals surface area contributed by atoms with E-state index in [1.165, 1.54) is 24.5 Å². The molecular weight excluding hydrogens is 473 g/mol. The van der Waals surface area contributed by atoms with Crippen LogP contribution >= 0.6 is 0 Å². The lowest BCUT2D eigenvalue weighted by molar-refractivity contribution is 0.0980. The van der Waals surface area contributed by atoms with Gasteiger partial charge in [0.1, 0.15) is 11.7 Å².